The Morgan fingerprint density at radius 3 is 1.47 bits per heavy atom. The Morgan fingerprint density at radius 2 is 1.03 bits per heavy atom. The van der Waals surface area contributed by atoms with Gasteiger partial charge in [-0.1, -0.05) is 86.6 Å². The Labute approximate surface area is 227 Å². The second-order valence-electron chi connectivity index (χ2n) is 12.1. The topological polar surface area (TPSA) is 6.48 Å². The second-order valence-corrected chi connectivity index (χ2v) is 12.1. The Hall–Kier alpha value is -3.52. The van der Waals surface area contributed by atoms with Gasteiger partial charge in [0.2, 0.25) is 0 Å². The van der Waals surface area contributed by atoms with Crippen LogP contribution >= 0.6 is 0 Å². The lowest BCUT2D eigenvalue weighted by Crippen LogP contribution is -2.33. The van der Waals surface area contributed by atoms with E-state index < -0.39 is 0 Å². The highest BCUT2D eigenvalue weighted by Gasteiger charge is 2.36. The van der Waals surface area contributed by atoms with Crippen LogP contribution in [0.5, 0.6) is 0 Å². The minimum Gasteiger partial charge on any atom is -0.367 e. The Kier molecular flexibility index (Phi) is 5.80. The van der Waals surface area contributed by atoms with Crippen LogP contribution < -0.4 is 9.80 Å². The standard InChI is InChI=1S/C36H38N2/c1-36(2)32-22-34-28(15-9-17-37(34)24-26-11-5-3-6-12-26)19-30(32)21-31-20-29-16-10-18-38(35(29)23-33(31)36)25-27-13-7-4-8-14-27/h3-8,11-14,19-20,22-23H,9-10,15-18,21,24-25H2,1-2H3. The van der Waals surface area contributed by atoms with E-state index in [4.69, 9.17) is 0 Å². The van der Waals surface area contributed by atoms with Crippen molar-refractivity contribution in [2.75, 3.05) is 22.9 Å². The number of anilines is 2. The van der Waals surface area contributed by atoms with Crippen molar-refractivity contribution in [3.63, 3.8) is 0 Å². The van der Waals surface area contributed by atoms with Gasteiger partial charge in [-0.05, 0) is 88.7 Å². The van der Waals surface area contributed by atoms with E-state index in [0.29, 0.717) is 0 Å². The number of hydrogen-bond acceptors (Lipinski definition) is 2. The molecule has 0 atom stereocenters. The van der Waals surface area contributed by atoms with Crippen LogP contribution in [0.2, 0.25) is 0 Å². The minimum absolute atomic E-state index is 0.0152. The first-order chi connectivity index (χ1) is 18.6. The van der Waals surface area contributed by atoms with Crippen molar-refractivity contribution in [3.8, 4) is 0 Å². The van der Waals surface area contributed by atoms with E-state index in [1.165, 1.54) is 70.4 Å². The highest BCUT2D eigenvalue weighted by atomic mass is 15.1. The predicted octanol–water partition coefficient (Wildman–Crippen LogP) is 7.82. The molecule has 0 saturated heterocycles. The van der Waals surface area contributed by atoms with E-state index in [-0.39, 0.29) is 5.41 Å². The molecule has 3 aliphatic rings. The van der Waals surface area contributed by atoms with Crippen LogP contribution in [0.25, 0.3) is 0 Å². The van der Waals surface area contributed by atoms with Gasteiger partial charge in [-0.3, -0.25) is 0 Å². The Balaban J connectivity index is 1.26. The van der Waals surface area contributed by atoms with Crippen molar-refractivity contribution in [1.29, 1.82) is 0 Å². The van der Waals surface area contributed by atoms with Crippen LogP contribution in [0.3, 0.4) is 0 Å². The van der Waals surface area contributed by atoms with Crippen LogP contribution in [-0.4, -0.2) is 13.1 Å². The van der Waals surface area contributed by atoms with Gasteiger partial charge in [0.15, 0.2) is 0 Å². The van der Waals surface area contributed by atoms with Crippen molar-refractivity contribution < 1.29 is 0 Å². The third-order valence-corrected chi connectivity index (χ3v) is 9.20. The fourth-order valence-electron chi connectivity index (χ4n) is 7.26. The van der Waals surface area contributed by atoms with Crippen molar-refractivity contribution >= 4 is 11.4 Å². The first-order valence-corrected chi connectivity index (χ1v) is 14.5. The third kappa shape index (κ3) is 4.11. The third-order valence-electron chi connectivity index (χ3n) is 9.20. The first-order valence-electron chi connectivity index (χ1n) is 14.5. The quantitative estimate of drug-likeness (QED) is 0.283. The number of rotatable bonds is 4. The Bertz CT molecular complexity index is 1360. The molecular formula is C36H38N2. The molecule has 2 heteroatoms. The lowest BCUT2D eigenvalue weighted by molar-refractivity contribution is 0.601. The summed E-state index contributed by atoms with van der Waals surface area (Å²) < 4.78 is 0. The van der Waals surface area contributed by atoms with Crippen molar-refractivity contribution in [3.05, 3.63) is 129 Å². The summed E-state index contributed by atoms with van der Waals surface area (Å²) in [6, 6.07) is 32.2. The van der Waals surface area contributed by atoms with E-state index in [2.05, 4.69) is 109 Å². The molecule has 0 N–H and O–H groups in total. The SMILES string of the molecule is CC1(C)c2cc3c(cc2Cc2cc4c(cc21)N(Cc1ccccc1)CCC4)CCCN3Cc1ccccc1. The average molecular weight is 499 g/mol. The summed E-state index contributed by atoms with van der Waals surface area (Å²) in [4.78, 5) is 5.24. The Morgan fingerprint density at radius 1 is 0.579 bits per heavy atom. The molecule has 0 aromatic heterocycles. The first kappa shape index (κ1) is 23.6. The van der Waals surface area contributed by atoms with Crippen molar-refractivity contribution in [1.82, 2.24) is 0 Å². The molecule has 0 fully saturated rings. The summed E-state index contributed by atoms with van der Waals surface area (Å²) in [7, 11) is 0. The summed E-state index contributed by atoms with van der Waals surface area (Å²) in [5, 5.41) is 0. The van der Waals surface area contributed by atoms with Gasteiger partial charge in [0.1, 0.15) is 0 Å². The molecule has 0 saturated carbocycles. The lowest BCUT2D eigenvalue weighted by Gasteiger charge is -2.41. The van der Waals surface area contributed by atoms with Gasteiger partial charge < -0.3 is 9.80 Å². The molecule has 0 amide bonds. The van der Waals surface area contributed by atoms with Gasteiger partial charge in [-0.25, -0.2) is 0 Å². The summed E-state index contributed by atoms with van der Waals surface area (Å²) in [5.74, 6) is 0. The van der Waals surface area contributed by atoms with E-state index in [0.717, 1.165) is 32.6 Å². The molecule has 2 nitrogen and oxygen atoms in total. The van der Waals surface area contributed by atoms with Crippen LogP contribution in [0.15, 0.2) is 84.9 Å². The lowest BCUT2D eigenvalue weighted by atomic mass is 9.67. The van der Waals surface area contributed by atoms with Crippen molar-refractivity contribution in [2.24, 2.45) is 0 Å². The molecule has 0 unspecified atom stereocenters. The molecule has 2 aliphatic heterocycles. The highest BCUT2D eigenvalue weighted by molar-refractivity contribution is 5.68. The average Bonchev–Trinajstić information content (AvgIpc) is 2.93. The molecule has 192 valence electrons. The number of hydrogen-bond donors (Lipinski definition) is 0. The van der Waals surface area contributed by atoms with E-state index in [1.54, 1.807) is 11.1 Å². The second kappa shape index (κ2) is 9.34. The molecule has 1 aliphatic carbocycles. The number of benzene rings is 4. The fourth-order valence-corrected chi connectivity index (χ4v) is 7.26. The largest absolute Gasteiger partial charge is 0.367 e. The van der Waals surface area contributed by atoms with Gasteiger partial charge in [-0.2, -0.15) is 0 Å². The molecule has 2 heterocycles. The van der Waals surface area contributed by atoms with Crippen LogP contribution in [0, 0.1) is 0 Å². The van der Waals surface area contributed by atoms with Gasteiger partial charge in [0.25, 0.3) is 0 Å². The summed E-state index contributed by atoms with van der Waals surface area (Å²) in [5.41, 5.74) is 14.9. The zero-order valence-corrected chi connectivity index (χ0v) is 22.8. The fraction of sp³-hybridized carbons (Fsp3) is 0.333. The van der Waals surface area contributed by atoms with Crippen molar-refractivity contribution in [2.45, 2.75) is 64.5 Å². The predicted molar refractivity (Wildman–Crippen MR) is 159 cm³/mol. The molecule has 0 radical (unpaired) electrons. The van der Waals surface area contributed by atoms with E-state index in [1.807, 2.05) is 0 Å². The van der Waals surface area contributed by atoms with Crippen LogP contribution in [0.4, 0.5) is 11.4 Å². The van der Waals surface area contributed by atoms with Crippen LogP contribution in [0.1, 0.15) is 71.2 Å². The summed E-state index contributed by atoms with van der Waals surface area (Å²) in [6.45, 7) is 9.17. The number of nitrogens with zero attached hydrogens (tertiary/aromatic N) is 2. The molecule has 38 heavy (non-hydrogen) atoms. The normalized spacial score (nSPS) is 17.3. The number of aryl methyl sites for hydroxylation is 2. The zero-order chi connectivity index (χ0) is 25.7. The van der Waals surface area contributed by atoms with Gasteiger partial charge >= 0.3 is 0 Å². The summed E-state index contributed by atoms with van der Waals surface area (Å²) >= 11 is 0. The van der Waals surface area contributed by atoms with Gasteiger partial charge in [0.05, 0.1) is 0 Å². The maximum absolute atomic E-state index is 2.62. The molecule has 0 spiro atoms. The molecule has 4 aromatic carbocycles. The smallest absolute Gasteiger partial charge is 0.0429 e. The van der Waals surface area contributed by atoms with E-state index >= 15 is 0 Å². The van der Waals surface area contributed by atoms with Gasteiger partial charge in [0, 0.05) is 43.0 Å². The molecular weight excluding hydrogens is 460 g/mol. The maximum atomic E-state index is 2.62. The van der Waals surface area contributed by atoms with Gasteiger partial charge in [-0.15, -0.1) is 0 Å². The highest BCUT2D eigenvalue weighted by Crippen LogP contribution is 2.47. The zero-order valence-electron chi connectivity index (χ0n) is 22.8. The minimum atomic E-state index is -0.0152. The van der Waals surface area contributed by atoms with Crippen LogP contribution in [-0.2, 0) is 37.8 Å². The maximum Gasteiger partial charge on any atom is 0.0429 e. The molecule has 7 rings (SSSR count). The summed E-state index contributed by atoms with van der Waals surface area (Å²) in [6.07, 6.45) is 5.93. The van der Waals surface area contributed by atoms with E-state index in [9.17, 15) is 0 Å². The molecule has 4 aromatic rings. The molecule has 0 bridgehead atoms. The monoisotopic (exact) mass is 498 g/mol. The number of fused-ring (bicyclic) bond motifs is 4.